The van der Waals surface area contributed by atoms with E-state index in [1.165, 1.54) is 19.3 Å². The molecule has 0 aromatic carbocycles. The topological polar surface area (TPSA) is 46.2 Å². The van der Waals surface area contributed by atoms with E-state index in [2.05, 4.69) is 12.2 Å². The first-order chi connectivity index (χ1) is 8.28. The maximum atomic E-state index is 12.1. The number of sulfone groups is 1. The zero-order valence-electron chi connectivity index (χ0n) is 12.3. The first-order valence-corrected chi connectivity index (χ1v) is 8.89. The molecule has 0 saturated heterocycles. The molecule has 4 heteroatoms. The van der Waals surface area contributed by atoms with Gasteiger partial charge in [0.15, 0.2) is 9.84 Å². The Morgan fingerprint density at radius 1 is 1.22 bits per heavy atom. The van der Waals surface area contributed by atoms with Gasteiger partial charge in [0.1, 0.15) is 0 Å². The van der Waals surface area contributed by atoms with Crippen molar-refractivity contribution in [1.29, 1.82) is 0 Å². The minimum absolute atomic E-state index is 0.339. The van der Waals surface area contributed by atoms with Gasteiger partial charge in [-0.3, -0.25) is 0 Å². The predicted octanol–water partition coefficient (Wildman–Crippen LogP) is 2.76. The molecule has 1 aliphatic carbocycles. The third-order valence-corrected chi connectivity index (χ3v) is 6.65. The molecule has 1 fully saturated rings. The van der Waals surface area contributed by atoms with Gasteiger partial charge in [0.2, 0.25) is 0 Å². The smallest absolute Gasteiger partial charge is 0.155 e. The molecule has 0 radical (unpaired) electrons. The lowest BCUT2D eigenvalue weighted by molar-refractivity contribution is 0.390. The Morgan fingerprint density at radius 2 is 1.89 bits per heavy atom. The molecular weight excluding hydrogens is 246 g/mol. The second-order valence-electron chi connectivity index (χ2n) is 6.47. The summed E-state index contributed by atoms with van der Waals surface area (Å²) in [6.07, 6.45) is 5.59. The molecule has 1 rings (SSSR count). The zero-order chi connectivity index (χ0) is 13.8. The summed E-state index contributed by atoms with van der Waals surface area (Å²) < 4.78 is 23.6. The summed E-state index contributed by atoms with van der Waals surface area (Å²) in [5.74, 6) is 0.888. The summed E-state index contributed by atoms with van der Waals surface area (Å²) in [5, 5.41) is 3.56. The second kappa shape index (κ2) is 6.38. The van der Waals surface area contributed by atoms with Gasteiger partial charge in [0.25, 0.3) is 0 Å². The van der Waals surface area contributed by atoms with Crippen molar-refractivity contribution in [2.24, 2.45) is 5.92 Å². The highest BCUT2D eigenvalue weighted by atomic mass is 32.2. The molecule has 0 heterocycles. The largest absolute Gasteiger partial charge is 0.314 e. The van der Waals surface area contributed by atoms with Gasteiger partial charge in [-0.25, -0.2) is 8.42 Å². The lowest BCUT2D eigenvalue weighted by Gasteiger charge is -2.24. The van der Waals surface area contributed by atoms with E-state index in [4.69, 9.17) is 0 Å². The summed E-state index contributed by atoms with van der Waals surface area (Å²) in [4.78, 5) is 0. The Hall–Kier alpha value is -0.0900. The van der Waals surface area contributed by atoms with E-state index < -0.39 is 14.6 Å². The van der Waals surface area contributed by atoms with Crippen molar-refractivity contribution in [3.05, 3.63) is 0 Å². The van der Waals surface area contributed by atoms with E-state index in [0.717, 1.165) is 19.4 Å². The highest BCUT2D eigenvalue weighted by Crippen LogP contribution is 2.30. The molecule has 1 N–H and O–H groups in total. The quantitative estimate of drug-likeness (QED) is 0.811. The Morgan fingerprint density at radius 3 is 2.44 bits per heavy atom. The van der Waals surface area contributed by atoms with Crippen molar-refractivity contribution in [2.45, 2.75) is 70.6 Å². The van der Waals surface area contributed by atoms with Crippen molar-refractivity contribution < 1.29 is 8.42 Å². The first-order valence-electron chi connectivity index (χ1n) is 7.23. The van der Waals surface area contributed by atoms with Crippen LogP contribution in [-0.2, 0) is 9.84 Å². The van der Waals surface area contributed by atoms with Crippen LogP contribution in [-0.4, -0.2) is 31.5 Å². The molecule has 0 bridgehead atoms. The van der Waals surface area contributed by atoms with Crippen LogP contribution >= 0.6 is 0 Å². The minimum atomic E-state index is -2.96. The van der Waals surface area contributed by atoms with Gasteiger partial charge in [-0.2, -0.15) is 0 Å². The van der Waals surface area contributed by atoms with Crippen molar-refractivity contribution >= 4 is 9.84 Å². The van der Waals surface area contributed by atoms with Gasteiger partial charge in [0.05, 0.1) is 10.5 Å². The van der Waals surface area contributed by atoms with Crippen molar-refractivity contribution in [3.8, 4) is 0 Å². The SMILES string of the molecule is CCCNC1CCCC1CCS(=O)(=O)C(C)(C)C. The third-order valence-electron chi connectivity index (χ3n) is 4.01. The van der Waals surface area contributed by atoms with Gasteiger partial charge >= 0.3 is 0 Å². The molecule has 3 nitrogen and oxygen atoms in total. The van der Waals surface area contributed by atoms with Crippen molar-refractivity contribution in [3.63, 3.8) is 0 Å². The Bertz CT molecular complexity index is 343. The second-order valence-corrected chi connectivity index (χ2v) is 9.33. The number of hydrogen-bond acceptors (Lipinski definition) is 3. The molecule has 18 heavy (non-hydrogen) atoms. The molecule has 0 spiro atoms. The normalized spacial score (nSPS) is 25.6. The Balaban J connectivity index is 2.48. The molecule has 2 unspecified atom stereocenters. The zero-order valence-corrected chi connectivity index (χ0v) is 13.1. The molecule has 0 amide bonds. The molecule has 0 aromatic heterocycles. The molecular formula is C14H29NO2S. The van der Waals surface area contributed by atoms with E-state index in [-0.39, 0.29) is 0 Å². The monoisotopic (exact) mass is 275 g/mol. The van der Waals surface area contributed by atoms with Crippen LogP contribution in [0.5, 0.6) is 0 Å². The summed E-state index contributed by atoms with van der Waals surface area (Å²) in [7, 11) is -2.96. The predicted molar refractivity (Wildman–Crippen MR) is 77.6 cm³/mol. The van der Waals surface area contributed by atoms with Crippen LogP contribution in [0.2, 0.25) is 0 Å². The number of rotatable bonds is 6. The highest BCUT2D eigenvalue weighted by molar-refractivity contribution is 7.92. The molecule has 0 aliphatic heterocycles. The summed E-state index contributed by atoms with van der Waals surface area (Å²) in [5.41, 5.74) is 0. The number of hydrogen-bond donors (Lipinski definition) is 1. The van der Waals surface area contributed by atoms with Crippen LogP contribution in [0.3, 0.4) is 0 Å². The van der Waals surface area contributed by atoms with Crippen LogP contribution in [0.4, 0.5) is 0 Å². The molecule has 1 aliphatic rings. The first kappa shape index (κ1) is 16.0. The third kappa shape index (κ3) is 4.23. The highest BCUT2D eigenvalue weighted by Gasteiger charge is 2.32. The van der Waals surface area contributed by atoms with E-state index >= 15 is 0 Å². The number of nitrogens with one attached hydrogen (secondary N) is 1. The van der Waals surface area contributed by atoms with E-state index in [1.807, 2.05) is 0 Å². The summed E-state index contributed by atoms with van der Waals surface area (Å²) in [6.45, 7) is 8.60. The van der Waals surface area contributed by atoms with Crippen molar-refractivity contribution in [2.75, 3.05) is 12.3 Å². The van der Waals surface area contributed by atoms with Gasteiger partial charge in [-0.15, -0.1) is 0 Å². The molecule has 0 aromatic rings. The van der Waals surface area contributed by atoms with Crippen molar-refractivity contribution in [1.82, 2.24) is 5.32 Å². The fraction of sp³-hybridized carbons (Fsp3) is 1.00. The van der Waals surface area contributed by atoms with Gasteiger partial charge < -0.3 is 5.32 Å². The Labute approximate surface area is 113 Å². The average Bonchev–Trinajstić information content (AvgIpc) is 2.69. The lowest BCUT2D eigenvalue weighted by Crippen LogP contribution is -2.36. The maximum Gasteiger partial charge on any atom is 0.155 e. The standard InChI is InChI=1S/C14H29NO2S/c1-5-10-15-13-8-6-7-12(13)9-11-18(16,17)14(2,3)4/h12-13,15H,5-11H2,1-4H3. The summed E-state index contributed by atoms with van der Waals surface area (Å²) >= 11 is 0. The molecule has 108 valence electrons. The maximum absolute atomic E-state index is 12.1. The fourth-order valence-electron chi connectivity index (χ4n) is 2.59. The molecule has 1 saturated carbocycles. The Kier molecular flexibility index (Phi) is 5.66. The fourth-order valence-corrected chi connectivity index (χ4v) is 3.82. The van der Waals surface area contributed by atoms with Gasteiger partial charge in [0, 0.05) is 6.04 Å². The van der Waals surface area contributed by atoms with E-state index in [9.17, 15) is 8.42 Å². The van der Waals surface area contributed by atoms with Crippen LogP contribution in [0, 0.1) is 5.92 Å². The van der Waals surface area contributed by atoms with Crippen LogP contribution in [0.15, 0.2) is 0 Å². The van der Waals surface area contributed by atoms with E-state index in [1.54, 1.807) is 20.8 Å². The van der Waals surface area contributed by atoms with Gasteiger partial charge in [-0.1, -0.05) is 13.3 Å². The summed E-state index contributed by atoms with van der Waals surface area (Å²) in [6, 6.07) is 0.542. The lowest BCUT2D eigenvalue weighted by atomic mass is 10.0. The van der Waals surface area contributed by atoms with E-state index in [0.29, 0.717) is 17.7 Å². The van der Waals surface area contributed by atoms with Gasteiger partial charge in [-0.05, 0) is 58.9 Å². The van der Waals surface area contributed by atoms with Crippen LogP contribution < -0.4 is 5.32 Å². The van der Waals surface area contributed by atoms with Crippen LogP contribution in [0.25, 0.3) is 0 Å². The van der Waals surface area contributed by atoms with Crippen LogP contribution in [0.1, 0.15) is 59.8 Å². The average molecular weight is 275 g/mol. The molecule has 2 atom stereocenters. The minimum Gasteiger partial charge on any atom is -0.314 e.